The number of hydrogen-bond acceptors (Lipinski definition) is 2. The first-order chi connectivity index (χ1) is 27.8. The largest absolute Gasteiger partial charge is 0.455 e. The summed E-state index contributed by atoms with van der Waals surface area (Å²) in [4.78, 5) is 2.42. The fourth-order valence-corrected chi connectivity index (χ4v) is 8.00. The quantitative estimate of drug-likeness (QED) is 0.156. The monoisotopic (exact) mass is 715 g/mol. The van der Waals surface area contributed by atoms with E-state index in [2.05, 4.69) is 229 Å². The summed E-state index contributed by atoms with van der Waals surface area (Å²) in [5, 5.41) is 2.23. The van der Waals surface area contributed by atoms with Crippen molar-refractivity contribution in [2.75, 3.05) is 4.90 Å². The van der Waals surface area contributed by atoms with Crippen LogP contribution in [0.25, 0.3) is 77.6 Å². The topological polar surface area (TPSA) is 16.4 Å². The molecule has 9 aromatic carbocycles. The van der Waals surface area contributed by atoms with Gasteiger partial charge in [0.05, 0.1) is 11.4 Å². The lowest BCUT2D eigenvalue weighted by Gasteiger charge is -2.30. The molecule has 1 aromatic heterocycles. The molecule has 0 bridgehead atoms. The third kappa shape index (κ3) is 6.14. The first-order valence-corrected chi connectivity index (χ1v) is 19.1. The Morgan fingerprint density at radius 2 is 0.768 bits per heavy atom. The van der Waals surface area contributed by atoms with Crippen LogP contribution < -0.4 is 4.90 Å². The zero-order chi connectivity index (χ0) is 37.3. The van der Waals surface area contributed by atoms with Gasteiger partial charge in [0, 0.05) is 33.2 Å². The minimum atomic E-state index is 0.888. The molecule has 0 unspecified atom stereocenters. The van der Waals surface area contributed by atoms with Crippen molar-refractivity contribution >= 4 is 39.0 Å². The van der Waals surface area contributed by atoms with Gasteiger partial charge in [-0.3, -0.25) is 0 Å². The molecule has 10 aromatic rings. The molecule has 0 radical (unpaired) electrons. The number of rotatable bonds is 8. The second kappa shape index (κ2) is 14.4. The molecule has 2 heteroatoms. The van der Waals surface area contributed by atoms with Gasteiger partial charge in [-0.05, 0) is 81.4 Å². The van der Waals surface area contributed by atoms with Gasteiger partial charge in [-0.15, -0.1) is 0 Å². The van der Waals surface area contributed by atoms with Gasteiger partial charge in [0.2, 0.25) is 0 Å². The van der Waals surface area contributed by atoms with E-state index in [1.807, 2.05) is 0 Å². The Hall–Kier alpha value is -7.42. The molecule has 0 saturated heterocycles. The minimum Gasteiger partial charge on any atom is -0.455 e. The number of anilines is 3. The zero-order valence-electron chi connectivity index (χ0n) is 30.7. The highest BCUT2D eigenvalue weighted by Gasteiger charge is 2.21. The van der Waals surface area contributed by atoms with E-state index in [-0.39, 0.29) is 0 Å². The number of furan rings is 1. The van der Waals surface area contributed by atoms with E-state index in [1.54, 1.807) is 0 Å². The van der Waals surface area contributed by atoms with E-state index in [1.165, 1.54) is 27.8 Å². The average molecular weight is 716 g/mol. The predicted octanol–water partition coefficient (Wildman–Crippen LogP) is 15.4. The maximum atomic E-state index is 6.65. The molecular weight excluding hydrogens is 679 g/mol. The van der Waals surface area contributed by atoms with Gasteiger partial charge in [-0.2, -0.15) is 0 Å². The van der Waals surface area contributed by atoms with Crippen molar-refractivity contribution in [3.63, 3.8) is 0 Å². The van der Waals surface area contributed by atoms with Crippen LogP contribution in [-0.4, -0.2) is 0 Å². The number of nitrogens with zero attached hydrogens (tertiary/aromatic N) is 1. The molecule has 0 aliphatic rings. The molecule has 0 aliphatic heterocycles. The van der Waals surface area contributed by atoms with Crippen LogP contribution in [0, 0.1) is 0 Å². The third-order valence-corrected chi connectivity index (χ3v) is 10.7. The van der Waals surface area contributed by atoms with E-state index in [9.17, 15) is 0 Å². The third-order valence-electron chi connectivity index (χ3n) is 10.7. The number of fused-ring (bicyclic) bond motifs is 3. The Morgan fingerprint density at radius 3 is 1.45 bits per heavy atom. The molecule has 0 saturated carbocycles. The molecule has 1 heterocycles. The highest BCUT2D eigenvalue weighted by molar-refractivity contribution is 6.11. The molecule has 0 fully saturated rings. The smallest absolute Gasteiger partial charge is 0.143 e. The van der Waals surface area contributed by atoms with Crippen LogP contribution in [0.15, 0.2) is 229 Å². The zero-order valence-corrected chi connectivity index (χ0v) is 30.7. The summed E-state index contributed by atoms with van der Waals surface area (Å²) in [6.45, 7) is 0. The van der Waals surface area contributed by atoms with E-state index in [0.717, 1.165) is 66.8 Å². The molecule has 0 atom stereocenters. The summed E-state index contributed by atoms with van der Waals surface area (Å²) in [5.74, 6) is 0. The Morgan fingerprint density at radius 1 is 0.286 bits per heavy atom. The number of hydrogen-bond donors (Lipinski definition) is 0. The van der Waals surface area contributed by atoms with E-state index < -0.39 is 0 Å². The van der Waals surface area contributed by atoms with Gasteiger partial charge >= 0.3 is 0 Å². The summed E-state index contributed by atoms with van der Waals surface area (Å²) in [7, 11) is 0. The summed E-state index contributed by atoms with van der Waals surface area (Å²) in [5.41, 5.74) is 16.5. The van der Waals surface area contributed by atoms with Crippen LogP contribution in [0.1, 0.15) is 0 Å². The molecule has 0 aliphatic carbocycles. The molecule has 0 amide bonds. The highest BCUT2D eigenvalue weighted by atomic mass is 16.3. The normalized spacial score (nSPS) is 11.2. The minimum absolute atomic E-state index is 0.888. The first kappa shape index (κ1) is 33.2. The van der Waals surface area contributed by atoms with E-state index in [0.29, 0.717) is 0 Å². The van der Waals surface area contributed by atoms with Gasteiger partial charge in [0.15, 0.2) is 0 Å². The molecular formula is C54H37NO. The Labute approximate surface area is 327 Å². The second-order valence-electron chi connectivity index (χ2n) is 14.1. The maximum Gasteiger partial charge on any atom is 0.143 e. The van der Waals surface area contributed by atoms with Crippen LogP contribution in [0.5, 0.6) is 0 Å². The average Bonchev–Trinajstić information content (AvgIpc) is 3.66. The predicted molar refractivity (Wildman–Crippen MR) is 236 cm³/mol. The molecule has 2 nitrogen and oxygen atoms in total. The van der Waals surface area contributed by atoms with Crippen molar-refractivity contribution in [2.24, 2.45) is 0 Å². The van der Waals surface area contributed by atoms with Crippen LogP contribution in [-0.2, 0) is 0 Å². The van der Waals surface area contributed by atoms with E-state index >= 15 is 0 Å². The fourth-order valence-electron chi connectivity index (χ4n) is 8.00. The Kier molecular flexibility index (Phi) is 8.55. The molecule has 10 rings (SSSR count). The van der Waals surface area contributed by atoms with Crippen molar-refractivity contribution in [3.05, 3.63) is 224 Å². The molecule has 56 heavy (non-hydrogen) atoms. The lowest BCUT2D eigenvalue weighted by molar-refractivity contribution is 0.670. The van der Waals surface area contributed by atoms with Gasteiger partial charge in [0.1, 0.15) is 11.2 Å². The van der Waals surface area contributed by atoms with Crippen LogP contribution in [0.3, 0.4) is 0 Å². The van der Waals surface area contributed by atoms with Crippen LogP contribution in [0.4, 0.5) is 17.1 Å². The summed E-state index contributed by atoms with van der Waals surface area (Å²) in [6, 6.07) is 80.0. The van der Waals surface area contributed by atoms with Gasteiger partial charge in [-0.25, -0.2) is 0 Å². The van der Waals surface area contributed by atoms with Gasteiger partial charge in [-0.1, -0.05) is 182 Å². The van der Waals surface area contributed by atoms with Crippen molar-refractivity contribution in [3.8, 4) is 55.6 Å². The van der Waals surface area contributed by atoms with Crippen molar-refractivity contribution in [1.29, 1.82) is 0 Å². The van der Waals surface area contributed by atoms with Crippen molar-refractivity contribution < 1.29 is 4.42 Å². The molecule has 264 valence electrons. The lowest BCUT2D eigenvalue weighted by atomic mass is 9.95. The summed E-state index contributed by atoms with van der Waals surface area (Å²) >= 11 is 0. The van der Waals surface area contributed by atoms with Gasteiger partial charge in [0.25, 0.3) is 0 Å². The summed E-state index contributed by atoms with van der Waals surface area (Å²) in [6.07, 6.45) is 0. The van der Waals surface area contributed by atoms with Crippen molar-refractivity contribution in [2.45, 2.75) is 0 Å². The summed E-state index contributed by atoms with van der Waals surface area (Å²) < 4.78 is 6.65. The standard InChI is InChI=1S/C54H37NO/c1-4-17-38(18-5-1)41-23-15-26-45(36-41)55(51-31-12-10-27-46(51)40-21-8-3-9-22-40)52-32-13-11-28-47(52)43-24-14-25-44(35-43)48-29-16-30-49-50-37-42(39-19-6-2-7-20-39)33-34-53(50)56-54(48)49/h1-37H. The molecule has 0 spiro atoms. The highest BCUT2D eigenvalue weighted by Crippen LogP contribution is 2.46. The van der Waals surface area contributed by atoms with Gasteiger partial charge < -0.3 is 9.32 Å². The Balaban J connectivity index is 1.13. The fraction of sp³-hybridized carbons (Fsp3) is 0. The van der Waals surface area contributed by atoms with Crippen molar-refractivity contribution in [1.82, 2.24) is 0 Å². The number of para-hydroxylation sites is 3. The number of benzene rings is 9. The first-order valence-electron chi connectivity index (χ1n) is 19.1. The van der Waals surface area contributed by atoms with Crippen LogP contribution in [0.2, 0.25) is 0 Å². The molecule has 0 N–H and O–H groups in total. The second-order valence-corrected chi connectivity index (χ2v) is 14.1. The SMILES string of the molecule is c1ccc(-c2cccc(N(c3ccccc3-c3ccccc3)c3ccccc3-c3cccc(-c4cccc5c4oc4ccc(-c6ccccc6)cc45)c3)c2)cc1. The maximum absolute atomic E-state index is 6.65. The lowest BCUT2D eigenvalue weighted by Crippen LogP contribution is -2.12. The van der Waals surface area contributed by atoms with E-state index in [4.69, 9.17) is 4.42 Å². The van der Waals surface area contributed by atoms with Crippen LogP contribution >= 0.6 is 0 Å². The Bertz CT molecular complexity index is 2960.